The first-order chi connectivity index (χ1) is 11.5. The van der Waals surface area contributed by atoms with Crippen molar-refractivity contribution >= 4 is 28.6 Å². The zero-order valence-corrected chi connectivity index (χ0v) is 14.8. The fourth-order valence-corrected chi connectivity index (χ4v) is 3.18. The van der Waals surface area contributed by atoms with Crippen molar-refractivity contribution < 1.29 is 9.53 Å². The van der Waals surface area contributed by atoms with E-state index in [1.54, 1.807) is 6.20 Å². The predicted octanol–water partition coefficient (Wildman–Crippen LogP) is 3.01. The maximum atomic E-state index is 11.4. The SMILES string of the molecule is COC(=O)CSc1nnc(C)c2cnn(-c3ccc(C)c(C)c3)c12. The lowest BCUT2D eigenvalue weighted by atomic mass is 10.1. The smallest absolute Gasteiger partial charge is 0.316 e. The Bertz CT molecular complexity index is 920. The summed E-state index contributed by atoms with van der Waals surface area (Å²) in [5, 5.41) is 14.5. The summed E-state index contributed by atoms with van der Waals surface area (Å²) < 4.78 is 6.55. The highest BCUT2D eigenvalue weighted by molar-refractivity contribution is 8.00. The van der Waals surface area contributed by atoms with Crippen LogP contribution in [0.3, 0.4) is 0 Å². The number of benzene rings is 1. The van der Waals surface area contributed by atoms with Crippen molar-refractivity contribution in [3.05, 3.63) is 41.2 Å². The molecule has 0 unspecified atom stereocenters. The topological polar surface area (TPSA) is 69.9 Å². The fourth-order valence-electron chi connectivity index (χ4n) is 2.38. The molecular formula is C17H18N4O2S. The van der Waals surface area contributed by atoms with Crippen LogP contribution in [0.1, 0.15) is 16.8 Å². The Morgan fingerprint density at radius 1 is 1.21 bits per heavy atom. The lowest BCUT2D eigenvalue weighted by Crippen LogP contribution is -2.05. The van der Waals surface area contributed by atoms with E-state index >= 15 is 0 Å². The van der Waals surface area contributed by atoms with E-state index in [4.69, 9.17) is 4.74 Å². The molecule has 0 spiro atoms. The van der Waals surface area contributed by atoms with E-state index in [-0.39, 0.29) is 11.7 Å². The highest BCUT2D eigenvalue weighted by Crippen LogP contribution is 2.29. The van der Waals surface area contributed by atoms with Crippen LogP contribution < -0.4 is 0 Å². The molecule has 0 saturated heterocycles. The van der Waals surface area contributed by atoms with Gasteiger partial charge in [0.25, 0.3) is 0 Å². The average molecular weight is 342 g/mol. The van der Waals surface area contributed by atoms with Gasteiger partial charge in [0.15, 0.2) is 0 Å². The first-order valence-corrected chi connectivity index (χ1v) is 8.48. The van der Waals surface area contributed by atoms with Gasteiger partial charge in [-0.25, -0.2) is 4.68 Å². The van der Waals surface area contributed by atoms with Crippen LogP contribution in [0.2, 0.25) is 0 Å². The maximum absolute atomic E-state index is 11.4. The number of methoxy groups -OCH3 is 1. The second-order valence-corrected chi connectivity index (χ2v) is 6.51. The van der Waals surface area contributed by atoms with Crippen LogP contribution in [0.25, 0.3) is 16.6 Å². The van der Waals surface area contributed by atoms with Gasteiger partial charge in [-0.05, 0) is 44.0 Å². The third-order valence-electron chi connectivity index (χ3n) is 3.94. The number of rotatable bonds is 4. The zero-order valence-electron chi connectivity index (χ0n) is 14.0. The summed E-state index contributed by atoms with van der Waals surface area (Å²) in [7, 11) is 1.37. The Balaban J connectivity index is 2.13. The summed E-state index contributed by atoms with van der Waals surface area (Å²) >= 11 is 1.30. The molecule has 3 rings (SSSR count). The van der Waals surface area contributed by atoms with Crippen molar-refractivity contribution in [3.63, 3.8) is 0 Å². The molecular weight excluding hydrogens is 324 g/mol. The number of hydrogen-bond acceptors (Lipinski definition) is 6. The summed E-state index contributed by atoms with van der Waals surface area (Å²) in [6, 6.07) is 6.19. The Morgan fingerprint density at radius 2 is 2.00 bits per heavy atom. The monoisotopic (exact) mass is 342 g/mol. The second-order valence-electron chi connectivity index (χ2n) is 5.54. The molecule has 0 aliphatic heterocycles. The molecule has 3 aromatic rings. The van der Waals surface area contributed by atoms with Crippen LogP contribution in [-0.4, -0.2) is 38.8 Å². The third-order valence-corrected chi connectivity index (χ3v) is 4.87. The predicted molar refractivity (Wildman–Crippen MR) is 93.6 cm³/mol. The molecule has 2 aromatic heterocycles. The molecule has 24 heavy (non-hydrogen) atoms. The molecule has 0 fully saturated rings. The summed E-state index contributed by atoms with van der Waals surface area (Å²) in [5.41, 5.74) is 5.05. The highest BCUT2D eigenvalue weighted by Gasteiger charge is 2.16. The molecule has 0 atom stereocenters. The molecule has 0 amide bonds. The van der Waals surface area contributed by atoms with Gasteiger partial charge < -0.3 is 4.74 Å². The quantitative estimate of drug-likeness (QED) is 0.536. The Kier molecular flexibility index (Phi) is 4.53. The van der Waals surface area contributed by atoms with E-state index in [2.05, 4.69) is 41.3 Å². The van der Waals surface area contributed by atoms with Crippen LogP contribution >= 0.6 is 11.8 Å². The Hall–Kier alpha value is -2.41. The number of nitrogens with zero attached hydrogens (tertiary/aromatic N) is 4. The number of ether oxygens (including phenoxy) is 1. The number of carbonyl (C=O) groups excluding carboxylic acids is 1. The summed E-state index contributed by atoms with van der Waals surface area (Å²) in [5.74, 6) is -0.116. The lowest BCUT2D eigenvalue weighted by molar-refractivity contribution is -0.137. The van der Waals surface area contributed by atoms with Gasteiger partial charge in [0.1, 0.15) is 10.5 Å². The number of fused-ring (bicyclic) bond motifs is 1. The molecule has 1 aromatic carbocycles. The van der Waals surface area contributed by atoms with Crippen LogP contribution in [0.5, 0.6) is 0 Å². The van der Waals surface area contributed by atoms with E-state index in [9.17, 15) is 4.79 Å². The highest BCUT2D eigenvalue weighted by atomic mass is 32.2. The van der Waals surface area contributed by atoms with E-state index in [1.165, 1.54) is 30.0 Å². The Labute approximate surface area is 144 Å². The number of thioether (sulfide) groups is 1. The zero-order chi connectivity index (χ0) is 17.3. The van der Waals surface area contributed by atoms with Gasteiger partial charge in [-0.3, -0.25) is 4.79 Å². The molecule has 7 heteroatoms. The molecule has 6 nitrogen and oxygen atoms in total. The minimum atomic E-state index is -0.298. The molecule has 0 aliphatic carbocycles. The van der Waals surface area contributed by atoms with Crippen molar-refractivity contribution in [2.75, 3.05) is 12.9 Å². The van der Waals surface area contributed by atoms with Crippen LogP contribution in [0, 0.1) is 20.8 Å². The molecule has 0 saturated carbocycles. The van der Waals surface area contributed by atoms with Gasteiger partial charge >= 0.3 is 5.97 Å². The normalized spacial score (nSPS) is 11.0. The average Bonchev–Trinajstić information content (AvgIpc) is 3.02. The third kappa shape index (κ3) is 2.99. The number of aryl methyl sites for hydroxylation is 3. The van der Waals surface area contributed by atoms with Crippen molar-refractivity contribution in [1.29, 1.82) is 0 Å². The maximum Gasteiger partial charge on any atom is 0.316 e. The first kappa shape index (κ1) is 16.4. The molecule has 0 bridgehead atoms. The van der Waals surface area contributed by atoms with Gasteiger partial charge in [-0.2, -0.15) is 10.2 Å². The van der Waals surface area contributed by atoms with Gasteiger partial charge in [0, 0.05) is 5.39 Å². The largest absolute Gasteiger partial charge is 0.468 e. The number of carbonyl (C=O) groups is 1. The Morgan fingerprint density at radius 3 is 2.71 bits per heavy atom. The number of aromatic nitrogens is 4. The number of esters is 1. The van der Waals surface area contributed by atoms with E-state index in [0.29, 0.717) is 5.03 Å². The van der Waals surface area contributed by atoms with Gasteiger partial charge in [-0.1, -0.05) is 17.8 Å². The summed E-state index contributed by atoms with van der Waals surface area (Å²) in [6.07, 6.45) is 1.79. The second kappa shape index (κ2) is 6.60. The van der Waals surface area contributed by atoms with Gasteiger partial charge in [0.05, 0.1) is 30.4 Å². The standard InChI is InChI=1S/C17H18N4O2S/c1-10-5-6-13(7-11(10)2)21-16-14(8-18-21)12(3)19-20-17(16)24-9-15(22)23-4/h5-8H,9H2,1-4H3. The molecule has 2 heterocycles. The molecule has 0 radical (unpaired) electrons. The van der Waals surface area contributed by atoms with E-state index < -0.39 is 0 Å². The van der Waals surface area contributed by atoms with Gasteiger partial charge in [0.2, 0.25) is 0 Å². The van der Waals surface area contributed by atoms with Crippen LogP contribution in [0.15, 0.2) is 29.4 Å². The van der Waals surface area contributed by atoms with E-state index in [0.717, 1.165) is 22.3 Å². The fraction of sp³-hybridized carbons (Fsp3) is 0.294. The number of hydrogen-bond donors (Lipinski definition) is 0. The van der Waals surface area contributed by atoms with Crippen molar-refractivity contribution in [3.8, 4) is 5.69 Å². The molecule has 124 valence electrons. The van der Waals surface area contributed by atoms with Gasteiger partial charge in [-0.15, -0.1) is 5.10 Å². The first-order valence-electron chi connectivity index (χ1n) is 7.49. The lowest BCUT2D eigenvalue weighted by Gasteiger charge is -2.09. The van der Waals surface area contributed by atoms with Crippen molar-refractivity contribution in [2.24, 2.45) is 0 Å². The van der Waals surface area contributed by atoms with Crippen LogP contribution in [0.4, 0.5) is 0 Å². The van der Waals surface area contributed by atoms with Crippen LogP contribution in [-0.2, 0) is 9.53 Å². The van der Waals surface area contributed by atoms with Crippen molar-refractivity contribution in [1.82, 2.24) is 20.0 Å². The summed E-state index contributed by atoms with van der Waals surface area (Å²) in [6.45, 7) is 6.05. The molecule has 0 aliphatic rings. The summed E-state index contributed by atoms with van der Waals surface area (Å²) in [4.78, 5) is 11.4. The van der Waals surface area contributed by atoms with Crippen molar-refractivity contribution in [2.45, 2.75) is 25.8 Å². The van der Waals surface area contributed by atoms with E-state index in [1.807, 2.05) is 17.7 Å². The minimum absolute atomic E-state index is 0.182. The molecule has 0 N–H and O–H groups in total. The minimum Gasteiger partial charge on any atom is -0.468 e.